The second-order valence-electron chi connectivity index (χ2n) is 23.2. The number of fused-ring (bicyclic) bond motifs is 5. The Kier molecular flexibility index (Phi) is 12.0. The zero-order chi connectivity index (χ0) is 53.2. The fourth-order valence-corrected chi connectivity index (χ4v) is 12.6. The summed E-state index contributed by atoms with van der Waals surface area (Å²) in [6, 6.07) is 102. The lowest BCUT2D eigenvalue weighted by molar-refractivity contribution is 0.569. The minimum absolute atomic E-state index is 0.0383. The molecule has 0 atom stereocenters. The van der Waals surface area contributed by atoms with Gasteiger partial charge < -0.3 is 4.90 Å². The van der Waals surface area contributed by atoms with E-state index in [0.29, 0.717) is 0 Å². The van der Waals surface area contributed by atoms with Crippen LogP contribution >= 0.6 is 0 Å². The summed E-state index contributed by atoms with van der Waals surface area (Å²) in [5, 5.41) is 4.89. The maximum atomic E-state index is 2.58. The molecule has 0 heterocycles. The number of para-hydroxylation sites is 1. The molecule has 12 aromatic rings. The molecular weight excluding hydrogens is 939 g/mol. The molecule has 0 bridgehead atoms. The molecule has 13 rings (SSSR count). The molecule has 0 aliphatic heterocycles. The van der Waals surface area contributed by atoms with Crippen molar-refractivity contribution in [2.45, 2.75) is 57.8 Å². The summed E-state index contributed by atoms with van der Waals surface area (Å²) >= 11 is 0. The first-order valence-electron chi connectivity index (χ1n) is 27.6. The fraction of sp³-hybridized carbons (Fsp3) is 0.117. The van der Waals surface area contributed by atoms with E-state index < -0.39 is 5.41 Å². The van der Waals surface area contributed by atoms with Gasteiger partial charge in [-0.3, -0.25) is 0 Å². The van der Waals surface area contributed by atoms with Crippen molar-refractivity contribution in [2.24, 2.45) is 0 Å². The third kappa shape index (κ3) is 8.25. The normalized spacial score (nSPS) is 12.8. The van der Waals surface area contributed by atoms with Crippen molar-refractivity contribution in [2.75, 3.05) is 4.90 Å². The van der Waals surface area contributed by atoms with Crippen LogP contribution in [0.5, 0.6) is 0 Å². The van der Waals surface area contributed by atoms with E-state index in [9.17, 15) is 0 Å². The van der Waals surface area contributed by atoms with E-state index in [2.05, 4.69) is 319 Å². The van der Waals surface area contributed by atoms with E-state index in [-0.39, 0.29) is 10.8 Å². The largest absolute Gasteiger partial charge is 0.309 e. The van der Waals surface area contributed by atoms with Crippen LogP contribution in [0.25, 0.3) is 77.2 Å². The first-order chi connectivity index (χ1) is 38.0. The minimum atomic E-state index is -0.596. The fourth-order valence-electron chi connectivity index (χ4n) is 12.6. The summed E-state index contributed by atoms with van der Waals surface area (Å²) in [6.45, 7) is 14.0. The van der Waals surface area contributed by atoms with Gasteiger partial charge in [0.05, 0.1) is 16.8 Å². The number of benzene rings is 12. The van der Waals surface area contributed by atoms with Crippen LogP contribution < -0.4 is 4.90 Å². The first-order valence-corrected chi connectivity index (χ1v) is 27.6. The van der Waals surface area contributed by atoms with Crippen molar-refractivity contribution in [3.05, 3.63) is 306 Å². The highest BCUT2D eigenvalue weighted by atomic mass is 15.1. The van der Waals surface area contributed by atoms with Gasteiger partial charge in [0.2, 0.25) is 0 Å². The van der Waals surface area contributed by atoms with Crippen LogP contribution in [0.3, 0.4) is 0 Å². The predicted molar refractivity (Wildman–Crippen MR) is 333 cm³/mol. The van der Waals surface area contributed by atoms with Crippen molar-refractivity contribution in [3.8, 4) is 55.6 Å². The minimum Gasteiger partial charge on any atom is -0.309 e. The molecule has 0 saturated heterocycles. The standard InChI is InChI=1S/C77H63N/c1-75(2,3)59-47-56(48-60(50-59)76(4,5)6)65-39-23-29-54-30-24-40-69(74(54)65)68-37-19-21-42-72(68)78(73-49-55(43-45-64(73)53-25-10-7-11-26-53)63-38-22-28-52-27-16-17-35-62(52)63)61-44-46-67-66-36-18-20-41-70(66)77(71(67)51-61,57-31-12-8-13-32-57)58-33-14-9-15-34-58/h7-51H,1-6H3. The van der Waals surface area contributed by atoms with Crippen molar-refractivity contribution in [1.29, 1.82) is 0 Å². The first kappa shape index (κ1) is 48.6. The molecule has 12 aromatic carbocycles. The molecule has 0 fully saturated rings. The Labute approximate surface area is 460 Å². The van der Waals surface area contributed by atoms with Gasteiger partial charge in [0, 0.05) is 16.8 Å². The van der Waals surface area contributed by atoms with Gasteiger partial charge in [-0.25, -0.2) is 0 Å². The number of rotatable bonds is 9. The molecule has 0 aromatic heterocycles. The van der Waals surface area contributed by atoms with Gasteiger partial charge >= 0.3 is 0 Å². The van der Waals surface area contributed by atoms with Gasteiger partial charge in [-0.15, -0.1) is 0 Å². The van der Waals surface area contributed by atoms with Crippen LogP contribution in [0.2, 0.25) is 0 Å². The van der Waals surface area contributed by atoms with Crippen LogP contribution in [0.4, 0.5) is 17.1 Å². The zero-order valence-corrected chi connectivity index (χ0v) is 45.4. The monoisotopic (exact) mass is 1000 g/mol. The van der Waals surface area contributed by atoms with Gasteiger partial charge in [-0.2, -0.15) is 0 Å². The Morgan fingerprint density at radius 3 is 1.49 bits per heavy atom. The van der Waals surface area contributed by atoms with E-state index in [1.165, 1.54) is 88.3 Å². The van der Waals surface area contributed by atoms with E-state index in [4.69, 9.17) is 0 Å². The molecule has 376 valence electrons. The highest BCUT2D eigenvalue weighted by Crippen LogP contribution is 2.58. The molecular formula is C77H63N. The van der Waals surface area contributed by atoms with Gasteiger partial charge in [-0.05, 0) is 135 Å². The van der Waals surface area contributed by atoms with Crippen molar-refractivity contribution in [1.82, 2.24) is 0 Å². The molecule has 78 heavy (non-hydrogen) atoms. The lowest BCUT2D eigenvalue weighted by Gasteiger charge is -2.35. The Morgan fingerprint density at radius 1 is 0.295 bits per heavy atom. The van der Waals surface area contributed by atoms with Crippen molar-refractivity contribution >= 4 is 38.6 Å². The molecule has 0 unspecified atom stereocenters. The Bertz CT molecular complexity index is 4130. The van der Waals surface area contributed by atoms with E-state index in [0.717, 1.165) is 39.3 Å². The van der Waals surface area contributed by atoms with Gasteiger partial charge in [0.1, 0.15) is 0 Å². The van der Waals surface area contributed by atoms with Crippen LogP contribution in [-0.4, -0.2) is 0 Å². The lowest BCUT2D eigenvalue weighted by atomic mass is 9.67. The van der Waals surface area contributed by atoms with E-state index in [1.54, 1.807) is 0 Å². The van der Waals surface area contributed by atoms with E-state index in [1.807, 2.05) is 0 Å². The second-order valence-corrected chi connectivity index (χ2v) is 23.2. The topological polar surface area (TPSA) is 3.24 Å². The molecule has 0 spiro atoms. The van der Waals surface area contributed by atoms with Crippen LogP contribution in [0.1, 0.15) is 74.9 Å². The highest BCUT2D eigenvalue weighted by molar-refractivity contribution is 6.10. The maximum absolute atomic E-state index is 2.58. The van der Waals surface area contributed by atoms with Crippen LogP contribution in [-0.2, 0) is 16.2 Å². The van der Waals surface area contributed by atoms with Gasteiger partial charge in [0.25, 0.3) is 0 Å². The number of hydrogen-bond donors (Lipinski definition) is 0. The number of hydrogen-bond acceptors (Lipinski definition) is 1. The third-order valence-electron chi connectivity index (χ3n) is 16.4. The average Bonchev–Trinajstić information content (AvgIpc) is 3.77. The quantitative estimate of drug-likeness (QED) is 0.139. The van der Waals surface area contributed by atoms with Gasteiger partial charge in [0.15, 0.2) is 0 Å². The molecule has 1 aliphatic carbocycles. The van der Waals surface area contributed by atoms with Crippen LogP contribution in [0.15, 0.2) is 273 Å². The van der Waals surface area contributed by atoms with Crippen molar-refractivity contribution in [3.63, 3.8) is 0 Å². The summed E-state index contributed by atoms with van der Waals surface area (Å²) in [4.78, 5) is 2.58. The number of anilines is 3. The Balaban J connectivity index is 1.13. The van der Waals surface area contributed by atoms with Crippen molar-refractivity contribution < 1.29 is 0 Å². The lowest BCUT2D eigenvalue weighted by Crippen LogP contribution is -2.28. The summed E-state index contributed by atoms with van der Waals surface area (Å²) in [7, 11) is 0. The summed E-state index contributed by atoms with van der Waals surface area (Å²) in [5.41, 5.74) is 22.2. The zero-order valence-electron chi connectivity index (χ0n) is 45.4. The molecule has 1 nitrogen and oxygen atoms in total. The summed E-state index contributed by atoms with van der Waals surface area (Å²) in [5.74, 6) is 0. The number of nitrogens with zero attached hydrogens (tertiary/aromatic N) is 1. The molecule has 0 saturated carbocycles. The second kappa shape index (κ2) is 19.2. The SMILES string of the molecule is CC(C)(C)c1cc(-c2cccc3cccc(-c4ccccc4N(c4ccc5c(c4)C(c4ccccc4)(c4ccccc4)c4ccccc4-5)c4cc(-c5cccc6ccccc56)ccc4-c4ccccc4)c23)cc(C(C)(C)C)c1. The molecule has 1 heteroatoms. The van der Waals surface area contributed by atoms with Gasteiger partial charge in [-0.1, -0.05) is 290 Å². The summed E-state index contributed by atoms with van der Waals surface area (Å²) in [6.07, 6.45) is 0. The summed E-state index contributed by atoms with van der Waals surface area (Å²) < 4.78 is 0. The Hall–Kier alpha value is -9.04. The smallest absolute Gasteiger partial charge is 0.0714 e. The molecule has 0 N–H and O–H groups in total. The maximum Gasteiger partial charge on any atom is 0.0714 e. The average molecular weight is 1000 g/mol. The predicted octanol–water partition coefficient (Wildman–Crippen LogP) is 21.1. The third-order valence-corrected chi connectivity index (χ3v) is 16.4. The molecule has 1 aliphatic rings. The highest BCUT2D eigenvalue weighted by Gasteiger charge is 2.46. The Morgan fingerprint density at radius 2 is 0.808 bits per heavy atom. The van der Waals surface area contributed by atoms with E-state index >= 15 is 0 Å². The van der Waals surface area contributed by atoms with Crippen LogP contribution in [0, 0.1) is 0 Å². The molecule has 0 radical (unpaired) electrons. The molecule has 0 amide bonds.